The molecular formula is C15H20. The van der Waals surface area contributed by atoms with Gasteiger partial charge in [0.25, 0.3) is 0 Å². The highest BCUT2D eigenvalue weighted by Crippen LogP contribution is 2.52. The first-order valence-corrected chi connectivity index (χ1v) is 5.95. The van der Waals surface area contributed by atoms with Crippen LogP contribution in [0.3, 0.4) is 0 Å². The Bertz CT molecular complexity index is 306. The van der Waals surface area contributed by atoms with E-state index in [9.17, 15) is 0 Å². The molecule has 0 N–H and O–H groups in total. The molecule has 1 fully saturated rings. The van der Waals surface area contributed by atoms with E-state index in [0.717, 1.165) is 23.7 Å². The van der Waals surface area contributed by atoms with Crippen molar-refractivity contribution in [2.24, 2.45) is 23.7 Å². The molecule has 0 aromatic rings. The molecule has 0 saturated heterocycles. The second kappa shape index (κ2) is 4.65. The minimum absolute atomic E-state index is 0.925. The van der Waals surface area contributed by atoms with Crippen molar-refractivity contribution < 1.29 is 0 Å². The molecule has 0 amide bonds. The van der Waals surface area contributed by atoms with E-state index < -0.39 is 0 Å². The molecule has 1 saturated carbocycles. The maximum atomic E-state index is 3.46. The minimum atomic E-state index is 0.925. The van der Waals surface area contributed by atoms with Gasteiger partial charge in [-0.3, -0.25) is 0 Å². The van der Waals surface area contributed by atoms with Gasteiger partial charge in [0.05, 0.1) is 0 Å². The van der Waals surface area contributed by atoms with Crippen molar-refractivity contribution in [2.45, 2.75) is 19.8 Å². The Labute approximate surface area is 93.1 Å². The predicted octanol–water partition coefficient (Wildman–Crippen LogP) is 4.13. The van der Waals surface area contributed by atoms with Crippen molar-refractivity contribution in [2.75, 3.05) is 0 Å². The molecule has 0 radical (unpaired) electrons. The number of hydrogen-bond donors (Lipinski definition) is 0. The third-order valence-corrected chi connectivity index (χ3v) is 3.78. The topological polar surface area (TPSA) is 0 Å². The van der Waals surface area contributed by atoms with Gasteiger partial charge in [0.2, 0.25) is 0 Å². The predicted molar refractivity (Wildman–Crippen MR) is 66.5 cm³/mol. The number of allylic oxidation sites excluding steroid dienone is 7. The summed E-state index contributed by atoms with van der Waals surface area (Å²) >= 11 is 0. The molecule has 15 heavy (non-hydrogen) atoms. The van der Waals surface area contributed by atoms with E-state index in [1.165, 1.54) is 12.8 Å². The number of hydrogen-bond acceptors (Lipinski definition) is 0. The van der Waals surface area contributed by atoms with Gasteiger partial charge in [-0.1, -0.05) is 49.1 Å². The summed E-state index contributed by atoms with van der Waals surface area (Å²) in [5.74, 6) is 3.82. The van der Waals surface area contributed by atoms with Crippen LogP contribution in [-0.4, -0.2) is 0 Å². The van der Waals surface area contributed by atoms with E-state index in [2.05, 4.69) is 30.9 Å². The highest BCUT2D eigenvalue weighted by molar-refractivity contribution is 5.21. The van der Waals surface area contributed by atoms with Crippen LogP contribution < -0.4 is 0 Å². The van der Waals surface area contributed by atoms with Crippen LogP contribution >= 0.6 is 0 Å². The van der Waals surface area contributed by atoms with Crippen molar-refractivity contribution in [3.63, 3.8) is 0 Å². The Hall–Kier alpha value is -1.04. The van der Waals surface area contributed by atoms with Crippen LogP contribution in [0.1, 0.15) is 19.8 Å². The van der Waals surface area contributed by atoms with E-state index >= 15 is 0 Å². The lowest BCUT2D eigenvalue weighted by atomic mass is 9.86. The van der Waals surface area contributed by atoms with E-state index in [0.29, 0.717) is 0 Å². The Kier molecular flexibility index (Phi) is 3.25. The smallest absolute Gasteiger partial charge is 0.0133 e. The van der Waals surface area contributed by atoms with Crippen LogP contribution in [0, 0.1) is 23.7 Å². The van der Waals surface area contributed by atoms with E-state index in [-0.39, 0.29) is 0 Å². The van der Waals surface area contributed by atoms with Crippen molar-refractivity contribution in [3.8, 4) is 0 Å². The van der Waals surface area contributed by atoms with Gasteiger partial charge in [0, 0.05) is 0 Å². The lowest BCUT2D eigenvalue weighted by molar-refractivity contribution is 0.398. The van der Waals surface area contributed by atoms with Crippen molar-refractivity contribution in [1.82, 2.24) is 0 Å². The first-order valence-electron chi connectivity index (χ1n) is 5.95. The molecule has 3 aliphatic carbocycles. The van der Waals surface area contributed by atoms with E-state index in [1.807, 2.05) is 19.1 Å². The SMILES string of the molecule is C1=CC2C3C=CC(C3)C2C1.C=C/C=C/C. The summed E-state index contributed by atoms with van der Waals surface area (Å²) in [7, 11) is 0. The summed E-state index contributed by atoms with van der Waals surface area (Å²) in [6.07, 6.45) is 18.1. The second-order valence-electron chi connectivity index (χ2n) is 4.61. The molecule has 0 aromatic carbocycles. The summed E-state index contributed by atoms with van der Waals surface area (Å²) in [6, 6.07) is 0. The maximum absolute atomic E-state index is 3.46. The molecule has 80 valence electrons. The lowest BCUT2D eigenvalue weighted by Gasteiger charge is -2.18. The van der Waals surface area contributed by atoms with Crippen molar-refractivity contribution in [3.05, 3.63) is 49.1 Å². The summed E-state index contributed by atoms with van der Waals surface area (Å²) in [6.45, 7) is 5.42. The van der Waals surface area contributed by atoms with Gasteiger partial charge in [0.1, 0.15) is 0 Å². The van der Waals surface area contributed by atoms with Crippen LogP contribution in [0.4, 0.5) is 0 Å². The van der Waals surface area contributed by atoms with Crippen molar-refractivity contribution in [1.29, 1.82) is 0 Å². The van der Waals surface area contributed by atoms with Gasteiger partial charge in [0.15, 0.2) is 0 Å². The third-order valence-electron chi connectivity index (χ3n) is 3.78. The average molecular weight is 200 g/mol. The fraction of sp³-hybridized carbons (Fsp3) is 0.467. The van der Waals surface area contributed by atoms with Gasteiger partial charge in [-0.15, -0.1) is 0 Å². The third kappa shape index (κ3) is 1.99. The molecule has 0 nitrogen and oxygen atoms in total. The minimum Gasteiger partial charge on any atom is -0.0991 e. The lowest BCUT2D eigenvalue weighted by Crippen LogP contribution is -2.12. The van der Waals surface area contributed by atoms with Gasteiger partial charge < -0.3 is 0 Å². The monoisotopic (exact) mass is 200 g/mol. The average Bonchev–Trinajstić information content (AvgIpc) is 2.94. The number of fused-ring (bicyclic) bond motifs is 5. The zero-order valence-corrected chi connectivity index (χ0v) is 9.47. The maximum Gasteiger partial charge on any atom is -0.0133 e. The second-order valence-corrected chi connectivity index (χ2v) is 4.61. The Balaban J connectivity index is 0.000000149. The Morgan fingerprint density at radius 1 is 1.20 bits per heavy atom. The fourth-order valence-electron chi connectivity index (χ4n) is 3.11. The first-order chi connectivity index (χ1) is 7.36. The Morgan fingerprint density at radius 3 is 2.60 bits per heavy atom. The number of rotatable bonds is 1. The molecule has 4 unspecified atom stereocenters. The fourth-order valence-corrected chi connectivity index (χ4v) is 3.11. The normalized spacial score (nSPS) is 39.3. The first kappa shape index (κ1) is 10.5. The molecule has 0 aromatic heterocycles. The molecule has 0 heterocycles. The molecule has 3 aliphatic rings. The highest BCUT2D eigenvalue weighted by Gasteiger charge is 2.44. The van der Waals surface area contributed by atoms with Crippen LogP contribution in [0.25, 0.3) is 0 Å². The van der Waals surface area contributed by atoms with Gasteiger partial charge >= 0.3 is 0 Å². The van der Waals surface area contributed by atoms with Crippen LogP contribution in [0.2, 0.25) is 0 Å². The summed E-state index contributed by atoms with van der Waals surface area (Å²) in [4.78, 5) is 0. The summed E-state index contributed by atoms with van der Waals surface area (Å²) in [5.41, 5.74) is 0. The molecule has 0 spiro atoms. The van der Waals surface area contributed by atoms with Crippen LogP contribution in [-0.2, 0) is 0 Å². The molecule has 4 atom stereocenters. The Morgan fingerprint density at radius 2 is 2.00 bits per heavy atom. The van der Waals surface area contributed by atoms with Crippen molar-refractivity contribution >= 4 is 0 Å². The van der Waals surface area contributed by atoms with Gasteiger partial charge in [-0.25, -0.2) is 0 Å². The van der Waals surface area contributed by atoms with Gasteiger partial charge in [-0.2, -0.15) is 0 Å². The molecule has 2 bridgehead atoms. The quantitative estimate of drug-likeness (QED) is 0.441. The summed E-state index contributed by atoms with van der Waals surface area (Å²) in [5, 5.41) is 0. The van der Waals surface area contributed by atoms with E-state index in [4.69, 9.17) is 0 Å². The molecule has 0 aliphatic heterocycles. The largest absolute Gasteiger partial charge is 0.0991 e. The molecule has 0 heteroatoms. The molecular weight excluding hydrogens is 180 g/mol. The van der Waals surface area contributed by atoms with Gasteiger partial charge in [-0.05, 0) is 43.4 Å². The zero-order chi connectivity index (χ0) is 10.7. The molecule has 3 rings (SSSR count). The van der Waals surface area contributed by atoms with Crippen LogP contribution in [0.5, 0.6) is 0 Å². The summed E-state index contributed by atoms with van der Waals surface area (Å²) < 4.78 is 0. The van der Waals surface area contributed by atoms with E-state index in [1.54, 1.807) is 6.08 Å². The van der Waals surface area contributed by atoms with Crippen LogP contribution in [0.15, 0.2) is 49.1 Å². The standard InChI is InChI=1S/C10H12.C5H8/c1-2-9-7-4-5-8(6-7)10(9)3-1;1-3-5-4-2/h1-2,4-5,7-10H,3,6H2;3-5H,1H2,2H3/b;5-4+. The highest BCUT2D eigenvalue weighted by atomic mass is 14.5. The zero-order valence-electron chi connectivity index (χ0n) is 9.47.